The highest BCUT2D eigenvalue weighted by Crippen LogP contribution is 2.32. The van der Waals surface area contributed by atoms with E-state index in [2.05, 4.69) is 38.5 Å². The molecule has 0 aliphatic heterocycles. The van der Waals surface area contributed by atoms with E-state index < -0.39 is 5.97 Å². The van der Waals surface area contributed by atoms with Crippen molar-refractivity contribution in [3.8, 4) is 0 Å². The van der Waals surface area contributed by atoms with Crippen LogP contribution in [-0.2, 0) is 13.0 Å². The highest BCUT2D eigenvalue weighted by Gasteiger charge is 2.17. The van der Waals surface area contributed by atoms with E-state index in [-0.39, 0.29) is 0 Å². The SMILES string of the molecule is CCCCn1cc(CCC)c2cc(C(=O)O)cc(C(C)C)c21. The van der Waals surface area contributed by atoms with E-state index in [0.717, 1.165) is 43.2 Å². The van der Waals surface area contributed by atoms with Crippen molar-refractivity contribution in [1.29, 1.82) is 0 Å². The third kappa shape index (κ3) is 3.18. The van der Waals surface area contributed by atoms with Crippen LogP contribution in [0.1, 0.15) is 74.4 Å². The summed E-state index contributed by atoms with van der Waals surface area (Å²) in [5, 5.41) is 10.5. The zero-order valence-electron chi connectivity index (χ0n) is 14.1. The van der Waals surface area contributed by atoms with Crippen molar-refractivity contribution in [3.63, 3.8) is 0 Å². The molecule has 0 saturated heterocycles. The first-order valence-electron chi connectivity index (χ1n) is 8.38. The molecule has 2 aromatic rings. The molecule has 0 unspecified atom stereocenters. The van der Waals surface area contributed by atoms with Gasteiger partial charge in [-0.25, -0.2) is 4.79 Å². The third-order valence-corrected chi connectivity index (χ3v) is 4.23. The normalized spacial score (nSPS) is 11.5. The number of nitrogens with zero attached hydrogens (tertiary/aromatic N) is 1. The Morgan fingerprint density at radius 2 is 1.95 bits per heavy atom. The van der Waals surface area contributed by atoms with E-state index in [4.69, 9.17) is 0 Å². The van der Waals surface area contributed by atoms with Gasteiger partial charge in [-0.05, 0) is 42.0 Å². The van der Waals surface area contributed by atoms with Gasteiger partial charge in [0.05, 0.1) is 11.1 Å². The number of aryl methyl sites for hydroxylation is 2. The number of unbranched alkanes of at least 4 members (excludes halogenated alkanes) is 1. The molecule has 3 heteroatoms. The average Bonchev–Trinajstić information content (AvgIpc) is 2.82. The monoisotopic (exact) mass is 301 g/mol. The second-order valence-corrected chi connectivity index (χ2v) is 6.37. The summed E-state index contributed by atoms with van der Waals surface area (Å²) in [7, 11) is 0. The Bertz CT molecular complexity index is 668. The van der Waals surface area contributed by atoms with E-state index in [9.17, 15) is 9.90 Å². The number of carboxylic acid groups (broad SMARTS) is 1. The van der Waals surface area contributed by atoms with Gasteiger partial charge in [0.2, 0.25) is 0 Å². The van der Waals surface area contributed by atoms with Gasteiger partial charge in [0.15, 0.2) is 0 Å². The van der Waals surface area contributed by atoms with Crippen molar-refractivity contribution in [2.24, 2.45) is 0 Å². The molecule has 0 fully saturated rings. The van der Waals surface area contributed by atoms with E-state index in [1.165, 1.54) is 11.1 Å². The van der Waals surface area contributed by atoms with Gasteiger partial charge in [-0.1, -0.05) is 40.5 Å². The molecule has 1 aromatic heterocycles. The lowest BCUT2D eigenvalue weighted by atomic mass is 9.95. The van der Waals surface area contributed by atoms with Crippen LogP contribution in [0, 0.1) is 0 Å². The van der Waals surface area contributed by atoms with Crippen LogP contribution in [0.2, 0.25) is 0 Å². The largest absolute Gasteiger partial charge is 0.478 e. The first-order chi connectivity index (χ1) is 10.5. The van der Waals surface area contributed by atoms with Gasteiger partial charge in [0, 0.05) is 18.1 Å². The van der Waals surface area contributed by atoms with Crippen LogP contribution < -0.4 is 0 Å². The van der Waals surface area contributed by atoms with Crippen molar-refractivity contribution in [3.05, 3.63) is 35.0 Å². The summed E-state index contributed by atoms with van der Waals surface area (Å²) in [5.41, 5.74) is 4.06. The lowest BCUT2D eigenvalue weighted by Crippen LogP contribution is -2.03. The number of hydrogen-bond acceptors (Lipinski definition) is 1. The van der Waals surface area contributed by atoms with E-state index in [0.29, 0.717) is 11.5 Å². The first kappa shape index (κ1) is 16.6. The number of rotatable bonds is 7. The molecule has 1 aromatic carbocycles. The van der Waals surface area contributed by atoms with Gasteiger partial charge in [0.25, 0.3) is 0 Å². The second-order valence-electron chi connectivity index (χ2n) is 6.37. The maximum absolute atomic E-state index is 11.5. The van der Waals surface area contributed by atoms with Crippen LogP contribution in [0.5, 0.6) is 0 Å². The number of carbonyl (C=O) groups is 1. The van der Waals surface area contributed by atoms with Crippen molar-refractivity contribution in [2.45, 2.75) is 65.8 Å². The van der Waals surface area contributed by atoms with Gasteiger partial charge < -0.3 is 9.67 Å². The molecule has 22 heavy (non-hydrogen) atoms. The number of benzene rings is 1. The molecule has 0 atom stereocenters. The zero-order valence-corrected chi connectivity index (χ0v) is 14.1. The van der Waals surface area contributed by atoms with Crippen LogP contribution in [0.4, 0.5) is 0 Å². The minimum Gasteiger partial charge on any atom is -0.478 e. The van der Waals surface area contributed by atoms with Crippen LogP contribution >= 0.6 is 0 Å². The predicted octanol–water partition coefficient (Wildman–Crippen LogP) is 5.22. The van der Waals surface area contributed by atoms with Crippen LogP contribution in [0.15, 0.2) is 18.3 Å². The van der Waals surface area contributed by atoms with Gasteiger partial charge >= 0.3 is 5.97 Å². The quantitative estimate of drug-likeness (QED) is 0.762. The molecule has 0 amide bonds. The Hall–Kier alpha value is -1.77. The molecule has 0 spiro atoms. The Labute approximate surface area is 133 Å². The average molecular weight is 301 g/mol. The van der Waals surface area contributed by atoms with Crippen LogP contribution in [-0.4, -0.2) is 15.6 Å². The Balaban J connectivity index is 2.72. The van der Waals surface area contributed by atoms with Crippen molar-refractivity contribution in [1.82, 2.24) is 4.57 Å². The minimum atomic E-state index is -0.840. The molecular formula is C19H27NO2. The summed E-state index contributed by atoms with van der Waals surface area (Å²) in [6.45, 7) is 9.64. The molecular weight excluding hydrogens is 274 g/mol. The maximum Gasteiger partial charge on any atom is 0.335 e. The molecule has 0 radical (unpaired) electrons. The predicted molar refractivity (Wildman–Crippen MR) is 91.9 cm³/mol. The van der Waals surface area contributed by atoms with Gasteiger partial charge in [0.1, 0.15) is 0 Å². The smallest absolute Gasteiger partial charge is 0.335 e. The van der Waals surface area contributed by atoms with E-state index in [1.54, 1.807) is 0 Å². The topological polar surface area (TPSA) is 42.2 Å². The number of hydrogen-bond donors (Lipinski definition) is 1. The van der Waals surface area contributed by atoms with Gasteiger partial charge in [-0.15, -0.1) is 0 Å². The molecule has 3 nitrogen and oxygen atoms in total. The summed E-state index contributed by atoms with van der Waals surface area (Å²) >= 11 is 0. The van der Waals surface area contributed by atoms with E-state index >= 15 is 0 Å². The molecule has 0 aliphatic rings. The number of carboxylic acids is 1. The van der Waals surface area contributed by atoms with Gasteiger partial charge in [-0.2, -0.15) is 0 Å². The van der Waals surface area contributed by atoms with Crippen molar-refractivity contribution < 1.29 is 9.90 Å². The van der Waals surface area contributed by atoms with Gasteiger partial charge in [-0.3, -0.25) is 0 Å². The van der Waals surface area contributed by atoms with E-state index in [1.807, 2.05) is 12.1 Å². The standard InChI is InChI=1S/C19H27NO2/c1-5-7-9-20-12-14(8-6-2)17-11-15(19(21)22)10-16(13(3)4)18(17)20/h10-13H,5-9H2,1-4H3,(H,21,22). The fourth-order valence-electron chi connectivity index (χ4n) is 3.08. The lowest BCUT2D eigenvalue weighted by molar-refractivity contribution is 0.0697. The maximum atomic E-state index is 11.5. The van der Waals surface area contributed by atoms with Crippen LogP contribution in [0.3, 0.4) is 0 Å². The fraction of sp³-hybridized carbons (Fsp3) is 0.526. The molecule has 1 heterocycles. The Morgan fingerprint density at radius 3 is 2.50 bits per heavy atom. The molecule has 0 bridgehead atoms. The summed E-state index contributed by atoms with van der Waals surface area (Å²) in [6.07, 6.45) is 6.61. The lowest BCUT2D eigenvalue weighted by Gasteiger charge is -2.13. The number of fused-ring (bicyclic) bond motifs is 1. The summed E-state index contributed by atoms with van der Waals surface area (Å²) in [6, 6.07) is 3.71. The van der Waals surface area contributed by atoms with Crippen LogP contribution in [0.25, 0.3) is 10.9 Å². The zero-order chi connectivity index (χ0) is 16.3. The molecule has 0 saturated carbocycles. The second kappa shape index (κ2) is 6.99. The van der Waals surface area contributed by atoms with Crippen molar-refractivity contribution in [2.75, 3.05) is 0 Å². The Morgan fingerprint density at radius 1 is 1.23 bits per heavy atom. The molecule has 120 valence electrons. The first-order valence-corrected chi connectivity index (χ1v) is 8.38. The molecule has 0 aliphatic carbocycles. The minimum absolute atomic E-state index is 0.312. The highest BCUT2D eigenvalue weighted by atomic mass is 16.4. The summed E-state index contributed by atoms with van der Waals surface area (Å²) < 4.78 is 2.34. The van der Waals surface area contributed by atoms with Crippen molar-refractivity contribution >= 4 is 16.9 Å². The number of aromatic nitrogens is 1. The highest BCUT2D eigenvalue weighted by molar-refractivity contribution is 5.97. The Kier molecular flexibility index (Phi) is 5.28. The molecule has 1 N–H and O–H groups in total. The summed E-state index contributed by atoms with van der Waals surface area (Å²) in [5.74, 6) is -0.529. The molecule has 2 rings (SSSR count). The fourth-order valence-corrected chi connectivity index (χ4v) is 3.08. The third-order valence-electron chi connectivity index (χ3n) is 4.23. The number of aromatic carboxylic acids is 1. The summed E-state index contributed by atoms with van der Waals surface area (Å²) in [4.78, 5) is 11.5.